The Bertz CT molecular complexity index is 1120. The maximum atomic E-state index is 12.7. The van der Waals surface area contributed by atoms with Crippen molar-refractivity contribution in [2.45, 2.75) is 89.4 Å². The standard InChI is InChI=1S/C21H35N6O8P/c1-5-7-13(8-6-2)18-25-24-17(35-18)12(3)26-36(31,32)33-11-14-16(28)21(4,30)19(34-14)27-10-9-15(22)23-20(27)29/h9-10,12-14,16,19,28,30H,5-8,11H2,1-4H3,(H2,22,23,29)(H2,26,31,32)/t12?,14-,16-,19?,21-/m1/s1. The molecule has 2 aromatic rings. The summed E-state index contributed by atoms with van der Waals surface area (Å²) in [5.41, 5.74) is 2.77. The number of anilines is 1. The van der Waals surface area contributed by atoms with Gasteiger partial charge in [0.1, 0.15) is 23.6 Å². The molecule has 1 saturated heterocycles. The van der Waals surface area contributed by atoms with Crippen molar-refractivity contribution in [3.8, 4) is 0 Å². The zero-order chi connectivity index (χ0) is 26.7. The number of hydrogen-bond acceptors (Lipinski definition) is 11. The fourth-order valence-corrected chi connectivity index (χ4v) is 5.19. The molecular weight excluding hydrogens is 495 g/mol. The topological polar surface area (TPSA) is 208 Å². The van der Waals surface area contributed by atoms with Gasteiger partial charge in [0.15, 0.2) is 6.23 Å². The fourth-order valence-electron chi connectivity index (χ4n) is 4.17. The van der Waals surface area contributed by atoms with E-state index < -0.39 is 50.1 Å². The van der Waals surface area contributed by atoms with Gasteiger partial charge in [0.2, 0.25) is 11.8 Å². The van der Waals surface area contributed by atoms with E-state index in [-0.39, 0.29) is 17.6 Å². The van der Waals surface area contributed by atoms with Crippen LogP contribution in [0.2, 0.25) is 0 Å². The van der Waals surface area contributed by atoms with Crippen molar-refractivity contribution in [1.29, 1.82) is 0 Å². The van der Waals surface area contributed by atoms with Gasteiger partial charge in [-0.15, -0.1) is 10.2 Å². The summed E-state index contributed by atoms with van der Waals surface area (Å²) in [6.07, 6.45) is 0.873. The Kier molecular flexibility index (Phi) is 9.04. The Morgan fingerprint density at radius 3 is 2.56 bits per heavy atom. The van der Waals surface area contributed by atoms with Gasteiger partial charge >= 0.3 is 13.4 Å². The molecule has 15 heteroatoms. The number of nitrogen functional groups attached to an aromatic ring is 1. The van der Waals surface area contributed by atoms with Crippen LogP contribution >= 0.6 is 7.75 Å². The van der Waals surface area contributed by atoms with Gasteiger partial charge in [-0.1, -0.05) is 26.7 Å². The Morgan fingerprint density at radius 2 is 1.94 bits per heavy atom. The molecule has 3 heterocycles. The van der Waals surface area contributed by atoms with E-state index in [4.69, 9.17) is 19.4 Å². The van der Waals surface area contributed by atoms with Gasteiger partial charge in [-0.2, -0.15) is 4.98 Å². The molecule has 3 unspecified atom stereocenters. The van der Waals surface area contributed by atoms with Gasteiger partial charge in [-0.25, -0.2) is 14.4 Å². The summed E-state index contributed by atoms with van der Waals surface area (Å²) in [7, 11) is -4.43. The lowest BCUT2D eigenvalue weighted by molar-refractivity contribution is -0.0984. The molecule has 1 fully saturated rings. The van der Waals surface area contributed by atoms with Crippen molar-refractivity contribution >= 4 is 13.6 Å². The highest BCUT2D eigenvalue weighted by Crippen LogP contribution is 2.43. The number of rotatable bonds is 12. The van der Waals surface area contributed by atoms with E-state index in [9.17, 15) is 24.5 Å². The van der Waals surface area contributed by atoms with Crippen LogP contribution in [-0.2, 0) is 13.8 Å². The van der Waals surface area contributed by atoms with Crippen molar-refractivity contribution in [1.82, 2.24) is 24.8 Å². The fraction of sp³-hybridized carbons (Fsp3) is 0.714. The van der Waals surface area contributed by atoms with Crippen molar-refractivity contribution in [3.05, 3.63) is 34.5 Å². The average Bonchev–Trinajstić information content (AvgIpc) is 3.37. The van der Waals surface area contributed by atoms with E-state index >= 15 is 0 Å². The van der Waals surface area contributed by atoms with E-state index in [0.717, 1.165) is 30.3 Å². The molecule has 6 atom stereocenters. The van der Waals surface area contributed by atoms with Gasteiger partial charge < -0.3 is 30.0 Å². The summed E-state index contributed by atoms with van der Waals surface area (Å²) in [5.74, 6) is 0.723. The summed E-state index contributed by atoms with van der Waals surface area (Å²) in [6, 6.07) is 0.524. The van der Waals surface area contributed by atoms with Crippen LogP contribution < -0.4 is 16.5 Å². The first kappa shape index (κ1) is 28.4. The first-order chi connectivity index (χ1) is 16.9. The molecule has 0 aromatic carbocycles. The predicted octanol–water partition coefficient (Wildman–Crippen LogP) is 1.37. The highest BCUT2D eigenvalue weighted by atomic mass is 31.2. The van der Waals surface area contributed by atoms with Gasteiger partial charge in [-0.3, -0.25) is 9.09 Å². The molecule has 36 heavy (non-hydrogen) atoms. The van der Waals surface area contributed by atoms with Crippen LogP contribution in [0.4, 0.5) is 5.82 Å². The Balaban J connectivity index is 1.63. The van der Waals surface area contributed by atoms with Crippen molar-refractivity contribution in [2.75, 3.05) is 12.3 Å². The number of nitrogens with one attached hydrogen (secondary N) is 1. The number of hydrogen-bond donors (Lipinski definition) is 5. The van der Waals surface area contributed by atoms with E-state index in [1.165, 1.54) is 19.2 Å². The molecule has 1 aliphatic rings. The minimum absolute atomic E-state index is 0.0182. The summed E-state index contributed by atoms with van der Waals surface area (Å²) >= 11 is 0. The zero-order valence-electron chi connectivity index (χ0n) is 20.8. The minimum Gasteiger partial charge on any atom is -0.423 e. The quantitative estimate of drug-likeness (QED) is 0.246. The second kappa shape index (κ2) is 11.5. The molecule has 202 valence electrons. The minimum atomic E-state index is -4.43. The Hall–Kier alpha value is -2.19. The van der Waals surface area contributed by atoms with E-state index in [2.05, 4.69) is 34.1 Å². The zero-order valence-corrected chi connectivity index (χ0v) is 21.7. The van der Waals surface area contributed by atoms with Gasteiger partial charge in [0, 0.05) is 12.1 Å². The number of ether oxygens (including phenoxy) is 1. The largest absolute Gasteiger partial charge is 0.423 e. The van der Waals surface area contributed by atoms with Crippen molar-refractivity contribution in [3.63, 3.8) is 0 Å². The molecule has 6 N–H and O–H groups in total. The second-order valence-corrected chi connectivity index (χ2v) is 10.7. The molecule has 0 bridgehead atoms. The van der Waals surface area contributed by atoms with Crippen LogP contribution in [-0.4, -0.2) is 59.3 Å². The van der Waals surface area contributed by atoms with Crippen molar-refractivity contribution < 1.29 is 33.3 Å². The van der Waals surface area contributed by atoms with Crippen LogP contribution in [0.1, 0.15) is 83.3 Å². The molecule has 2 aromatic heterocycles. The maximum Gasteiger partial charge on any atom is 0.403 e. The summed E-state index contributed by atoms with van der Waals surface area (Å²) in [5, 5.41) is 31.8. The number of nitrogens with two attached hydrogens (primary N) is 1. The number of aliphatic hydroxyl groups excluding tert-OH is 1. The predicted molar refractivity (Wildman–Crippen MR) is 128 cm³/mol. The monoisotopic (exact) mass is 530 g/mol. The van der Waals surface area contributed by atoms with Crippen LogP contribution in [0.15, 0.2) is 21.5 Å². The van der Waals surface area contributed by atoms with Gasteiger partial charge in [-0.05, 0) is 32.8 Å². The van der Waals surface area contributed by atoms with Crippen LogP contribution in [0.25, 0.3) is 0 Å². The van der Waals surface area contributed by atoms with Gasteiger partial charge in [0.25, 0.3) is 0 Å². The van der Waals surface area contributed by atoms with E-state index in [1.54, 1.807) is 6.92 Å². The molecule has 0 amide bonds. The molecule has 0 saturated carbocycles. The third-order valence-corrected chi connectivity index (χ3v) is 7.29. The lowest BCUT2D eigenvalue weighted by atomic mass is 9.96. The van der Waals surface area contributed by atoms with E-state index in [1.807, 2.05) is 0 Å². The SMILES string of the molecule is CCCC(CCC)c1nnc(C(C)NP(=O)(O)OC[C@H]2OC(n3ccc(N)nc3=O)[C@](C)(O)[C@@H]2O)o1. The Morgan fingerprint density at radius 1 is 1.31 bits per heavy atom. The highest BCUT2D eigenvalue weighted by Gasteiger charge is 2.54. The Labute approximate surface area is 208 Å². The lowest BCUT2D eigenvalue weighted by Gasteiger charge is -2.27. The number of aliphatic hydroxyl groups is 2. The average molecular weight is 531 g/mol. The van der Waals surface area contributed by atoms with E-state index in [0.29, 0.717) is 5.89 Å². The molecular formula is C21H35N6O8P. The molecule has 1 aliphatic heterocycles. The van der Waals surface area contributed by atoms with Crippen molar-refractivity contribution in [2.24, 2.45) is 0 Å². The maximum absolute atomic E-state index is 12.7. The summed E-state index contributed by atoms with van der Waals surface area (Å²) < 4.78 is 30.1. The molecule has 3 rings (SSSR count). The first-order valence-electron chi connectivity index (χ1n) is 11.9. The second-order valence-electron chi connectivity index (χ2n) is 9.16. The van der Waals surface area contributed by atoms with Crippen LogP contribution in [0.5, 0.6) is 0 Å². The van der Waals surface area contributed by atoms with Gasteiger partial charge in [0.05, 0.1) is 12.6 Å². The molecule has 0 spiro atoms. The number of nitrogens with zero attached hydrogens (tertiary/aromatic N) is 4. The molecule has 0 radical (unpaired) electrons. The van der Waals surface area contributed by atoms with Crippen LogP contribution in [0.3, 0.4) is 0 Å². The smallest absolute Gasteiger partial charge is 0.403 e. The lowest BCUT2D eigenvalue weighted by Crippen LogP contribution is -2.46. The number of aromatic nitrogens is 4. The summed E-state index contributed by atoms with van der Waals surface area (Å²) in [6.45, 7) is 6.41. The third-order valence-electron chi connectivity index (χ3n) is 6.08. The third kappa shape index (κ3) is 6.38. The summed E-state index contributed by atoms with van der Waals surface area (Å²) in [4.78, 5) is 26.1. The highest BCUT2D eigenvalue weighted by molar-refractivity contribution is 7.50. The molecule has 0 aliphatic carbocycles. The molecule has 14 nitrogen and oxygen atoms in total. The normalized spacial score (nSPS) is 26.8. The van der Waals surface area contributed by atoms with Crippen LogP contribution in [0, 0.1) is 0 Å². The first-order valence-corrected chi connectivity index (χ1v) is 13.5.